The maximum Gasteiger partial charge on any atom is 0.118 e. The van der Waals surface area contributed by atoms with Crippen LogP contribution < -0.4 is 9.47 Å². The Kier molecular flexibility index (Phi) is 5.87. The fraction of sp³-hybridized carbons (Fsp3) is 0.217. The van der Waals surface area contributed by atoms with E-state index in [1.807, 2.05) is 24.3 Å². The van der Waals surface area contributed by atoms with Crippen LogP contribution in [0.2, 0.25) is 0 Å². The Bertz CT molecular complexity index is 789. The first-order valence-corrected chi connectivity index (χ1v) is 9.77. The summed E-state index contributed by atoms with van der Waals surface area (Å²) in [5, 5.41) is 0. The van der Waals surface area contributed by atoms with Crippen molar-refractivity contribution in [3.63, 3.8) is 0 Å². The van der Waals surface area contributed by atoms with Gasteiger partial charge in [-0.1, -0.05) is 43.3 Å². The Balaban J connectivity index is 2.22. The molecule has 134 valence electrons. The summed E-state index contributed by atoms with van der Waals surface area (Å²) >= 11 is 2.35. The third-order valence-corrected chi connectivity index (χ3v) is 5.75. The van der Waals surface area contributed by atoms with E-state index in [9.17, 15) is 0 Å². The van der Waals surface area contributed by atoms with E-state index < -0.39 is 0 Å². The highest BCUT2D eigenvalue weighted by molar-refractivity contribution is 14.1. The van der Waals surface area contributed by atoms with Gasteiger partial charge in [-0.2, -0.15) is 0 Å². The molecule has 2 nitrogen and oxygen atoms in total. The quantitative estimate of drug-likeness (QED) is 0.331. The van der Waals surface area contributed by atoms with E-state index in [4.69, 9.17) is 9.47 Å². The van der Waals surface area contributed by atoms with Gasteiger partial charge < -0.3 is 9.47 Å². The molecule has 0 spiro atoms. The molecule has 0 aromatic heterocycles. The van der Waals surface area contributed by atoms with Crippen molar-refractivity contribution in [3.05, 3.63) is 93.1 Å². The average Bonchev–Trinajstić information content (AvgIpc) is 2.71. The maximum atomic E-state index is 5.36. The van der Waals surface area contributed by atoms with E-state index in [0.717, 1.165) is 17.9 Å². The van der Waals surface area contributed by atoms with E-state index in [0.29, 0.717) is 0 Å². The monoisotopic (exact) mass is 458 g/mol. The summed E-state index contributed by atoms with van der Waals surface area (Å²) in [5.74, 6) is 1.74. The highest BCUT2D eigenvalue weighted by atomic mass is 127. The Morgan fingerprint density at radius 3 is 1.31 bits per heavy atom. The smallest absolute Gasteiger partial charge is 0.118 e. The number of ether oxygens (including phenoxy) is 2. The van der Waals surface area contributed by atoms with Crippen LogP contribution in [-0.2, 0) is 5.41 Å². The summed E-state index contributed by atoms with van der Waals surface area (Å²) in [5.41, 5.74) is 3.58. The predicted octanol–water partition coefficient (Wildman–Crippen LogP) is 6.05. The lowest BCUT2D eigenvalue weighted by atomic mass is 9.68. The number of rotatable bonds is 6. The van der Waals surface area contributed by atoms with Gasteiger partial charge in [-0.05, 0) is 82.1 Å². The first kappa shape index (κ1) is 18.8. The molecule has 0 N–H and O–H groups in total. The molecule has 0 amide bonds. The van der Waals surface area contributed by atoms with Crippen molar-refractivity contribution < 1.29 is 9.47 Å². The molecule has 0 fully saturated rings. The molecule has 0 atom stereocenters. The number of benzene rings is 3. The van der Waals surface area contributed by atoms with E-state index in [1.54, 1.807) is 14.2 Å². The van der Waals surface area contributed by atoms with Crippen molar-refractivity contribution in [3.8, 4) is 11.5 Å². The summed E-state index contributed by atoms with van der Waals surface area (Å²) in [6.45, 7) is 2.24. The van der Waals surface area contributed by atoms with Gasteiger partial charge in [0.2, 0.25) is 0 Å². The lowest BCUT2D eigenvalue weighted by Gasteiger charge is -2.35. The van der Waals surface area contributed by atoms with E-state index in [2.05, 4.69) is 78.0 Å². The molecular formula is C23H23IO2. The normalized spacial score (nSPS) is 11.2. The van der Waals surface area contributed by atoms with Crippen molar-refractivity contribution in [2.24, 2.45) is 0 Å². The van der Waals surface area contributed by atoms with Crippen molar-refractivity contribution in [2.45, 2.75) is 18.8 Å². The zero-order valence-electron chi connectivity index (χ0n) is 15.3. The summed E-state index contributed by atoms with van der Waals surface area (Å²) in [6.07, 6.45) is 0.951. The van der Waals surface area contributed by atoms with Crippen LogP contribution in [0.3, 0.4) is 0 Å². The first-order chi connectivity index (χ1) is 12.6. The third-order valence-electron chi connectivity index (χ3n) is 5.03. The molecule has 3 aromatic carbocycles. The second kappa shape index (κ2) is 8.12. The zero-order valence-corrected chi connectivity index (χ0v) is 17.5. The van der Waals surface area contributed by atoms with Crippen LogP contribution in [0, 0.1) is 3.57 Å². The largest absolute Gasteiger partial charge is 0.497 e. The summed E-state index contributed by atoms with van der Waals surface area (Å²) in [6, 6.07) is 25.7. The fourth-order valence-corrected chi connectivity index (χ4v) is 3.96. The zero-order chi connectivity index (χ0) is 18.6. The SMILES string of the molecule is CCC(c1ccc(I)cc1)(c1ccc(OC)cc1)c1ccc(OC)cc1. The number of methoxy groups -OCH3 is 2. The van der Waals surface area contributed by atoms with Crippen LogP contribution >= 0.6 is 22.6 Å². The molecule has 26 heavy (non-hydrogen) atoms. The van der Waals surface area contributed by atoms with E-state index in [1.165, 1.54) is 20.3 Å². The van der Waals surface area contributed by atoms with Gasteiger partial charge in [-0.25, -0.2) is 0 Å². The van der Waals surface area contributed by atoms with Crippen LogP contribution in [0.1, 0.15) is 30.0 Å². The molecule has 0 unspecified atom stereocenters. The minimum Gasteiger partial charge on any atom is -0.497 e. The summed E-state index contributed by atoms with van der Waals surface area (Å²) in [4.78, 5) is 0. The van der Waals surface area contributed by atoms with Crippen molar-refractivity contribution >= 4 is 22.6 Å². The topological polar surface area (TPSA) is 18.5 Å². The molecule has 0 aliphatic carbocycles. The molecule has 0 radical (unpaired) electrons. The summed E-state index contributed by atoms with van der Waals surface area (Å²) in [7, 11) is 3.40. The number of hydrogen-bond donors (Lipinski definition) is 0. The Morgan fingerprint density at radius 1 is 0.654 bits per heavy atom. The number of halogens is 1. The molecule has 0 bridgehead atoms. The van der Waals surface area contributed by atoms with Gasteiger partial charge in [-0.3, -0.25) is 0 Å². The third kappa shape index (κ3) is 3.45. The molecule has 0 aliphatic rings. The average molecular weight is 458 g/mol. The molecule has 3 rings (SSSR count). The lowest BCUT2D eigenvalue weighted by Crippen LogP contribution is -2.28. The van der Waals surface area contributed by atoms with Crippen LogP contribution in [0.15, 0.2) is 72.8 Å². The van der Waals surface area contributed by atoms with Crippen molar-refractivity contribution in [2.75, 3.05) is 14.2 Å². The van der Waals surface area contributed by atoms with Gasteiger partial charge in [0.25, 0.3) is 0 Å². The fourth-order valence-electron chi connectivity index (χ4n) is 3.60. The first-order valence-electron chi connectivity index (χ1n) is 8.69. The molecular weight excluding hydrogens is 435 g/mol. The standard InChI is InChI=1S/C23H23IO2/c1-4-23(17-5-11-20(24)12-6-17,18-7-13-21(25-2)14-8-18)19-9-15-22(26-3)16-10-19/h5-16H,4H2,1-3H3. The Morgan fingerprint density at radius 2 is 1.00 bits per heavy atom. The highest BCUT2D eigenvalue weighted by Crippen LogP contribution is 2.43. The Hall–Kier alpha value is -2.01. The van der Waals surface area contributed by atoms with Gasteiger partial charge in [-0.15, -0.1) is 0 Å². The highest BCUT2D eigenvalue weighted by Gasteiger charge is 2.34. The molecule has 0 saturated carbocycles. The second-order valence-corrected chi connectivity index (χ2v) is 7.47. The van der Waals surface area contributed by atoms with Gasteiger partial charge in [0.15, 0.2) is 0 Å². The summed E-state index contributed by atoms with van der Waals surface area (Å²) < 4.78 is 11.9. The van der Waals surface area contributed by atoms with Crippen LogP contribution in [-0.4, -0.2) is 14.2 Å². The molecule has 0 aliphatic heterocycles. The molecule has 3 aromatic rings. The molecule has 0 saturated heterocycles. The molecule has 3 heteroatoms. The molecule has 0 heterocycles. The maximum absolute atomic E-state index is 5.36. The van der Waals surface area contributed by atoms with E-state index in [-0.39, 0.29) is 5.41 Å². The number of hydrogen-bond acceptors (Lipinski definition) is 2. The van der Waals surface area contributed by atoms with Gasteiger partial charge in [0.05, 0.1) is 14.2 Å². The van der Waals surface area contributed by atoms with Gasteiger partial charge >= 0.3 is 0 Å². The van der Waals surface area contributed by atoms with Gasteiger partial charge in [0.1, 0.15) is 11.5 Å². The van der Waals surface area contributed by atoms with Crippen LogP contribution in [0.4, 0.5) is 0 Å². The Labute approximate surface area is 169 Å². The van der Waals surface area contributed by atoms with Crippen LogP contribution in [0.25, 0.3) is 0 Å². The predicted molar refractivity (Wildman–Crippen MR) is 115 cm³/mol. The van der Waals surface area contributed by atoms with Gasteiger partial charge in [0, 0.05) is 8.99 Å². The van der Waals surface area contributed by atoms with Crippen molar-refractivity contribution in [1.82, 2.24) is 0 Å². The minimum absolute atomic E-state index is 0.219. The van der Waals surface area contributed by atoms with E-state index >= 15 is 0 Å². The minimum atomic E-state index is -0.219. The van der Waals surface area contributed by atoms with Crippen LogP contribution in [0.5, 0.6) is 11.5 Å². The van der Waals surface area contributed by atoms with Crippen molar-refractivity contribution in [1.29, 1.82) is 0 Å². The lowest BCUT2D eigenvalue weighted by molar-refractivity contribution is 0.413. The second-order valence-electron chi connectivity index (χ2n) is 6.22.